The maximum absolute atomic E-state index is 3.68. The van der Waals surface area contributed by atoms with Crippen molar-refractivity contribution in [2.75, 3.05) is 38.5 Å². The topological polar surface area (TPSA) is 27.3 Å². The first-order valence-corrected chi connectivity index (χ1v) is 8.07. The highest BCUT2D eigenvalue weighted by Gasteiger charge is 2.17. The molecule has 0 amide bonds. The molecule has 20 heavy (non-hydrogen) atoms. The summed E-state index contributed by atoms with van der Waals surface area (Å²) in [6.07, 6.45) is 5.22. The van der Waals surface area contributed by atoms with Crippen LogP contribution in [0.4, 0.5) is 5.69 Å². The van der Waals surface area contributed by atoms with Crippen LogP contribution in [0.2, 0.25) is 0 Å². The number of nitrogens with zero attached hydrogens (tertiary/aromatic N) is 1. The van der Waals surface area contributed by atoms with Crippen LogP contribution < -0.4 is 10.6 Å². The molecule has 1 atom stereocenters. The average Bonchev–Trinajstić information content (AvgIpc) is 2.48. The highest BCUT2D eigenvalue weighted by Crippen LogP contribution is 2.26. The maximum atomic E-state index is 3.68. The normalized spacial score (nSPS) is 23.1. The maximum Gasteiger partial charge on any atom is 0.0418 e. The van der Waals surface area contributed by atoms with Crippen LogP contribution in [0.25, 0.3) is 0 Å². The lowest BCUT2D eigenvalue weighted by Gasteiger charge is -2.30. The van der Waals surface area contributed by atoms with Gasteiger partial charge in [-0.1, -0.05) is 18.2 Å². The van der Waals surface area contributed by atoms with Gasteiger partial charge < -0.3 is 15.5 Å². The van der Waals surface area contributed by atoms with E-state index >= 15 is 0 Å². The molecule has 2 aliphatic heterocycles. The van der Waals surface area contributed by atoms with E-state index in [1.165, 1.54) is 55.6 Å². The fourth-order valence-electron chi connectivity index (χ4n) is 3.58. The molecule has 0 saturated carbocycles. The van der Waals surface area contributed by atoms with Crippen LogP contribution in [0.15, 0.2) is 18.2 Å². The highest BCUT2D eigenvalue weighted by molar-refractivity contribution is 5.59. The Morgan fingerprint density at radius 3 is 3.20 bits per heavy atom. The Morgan fingerprint density at radius 1 is 1.35 bits per heavy atom. The van der Waals surface area contributed by atoms with Crippen molar-refractivity contribution < 1.29 is 0 Å². The third-order valence-electron chi connectivity index (χ3n) is 4.63. The van der Waals surface area contributed by atoms with Crippen molar-refractivity contribution in [2.45, 2.75) is 32.2 Å². The van der Waals surface area contributed by atoms with E-state index in [2.05, 4.69) is 40.8 Å². The minimum absolute atomic E-state index is 0.821. The van der Waals surface area contributed by atoms with Crippen LogP contribution in [0.1, 0.15) is 30.4 Å². The van der Waals surface area contributed by atoms with Crippen LogP contribution in [0.5, 0.6) is 0 Å². The summed E-state index contributed by atoms with van der Waals surface area (Å²) in [5, 5.41) is 7.25. The molecule has 3 rings (SSSR count). The SMILES string of the molecule is CN1CCCC(CNCc2cccc3c2NCCC3)C1. The van der Waals surface area contributed by atoms with Crippen molar-refractivity contribution >= 4 is 5.69 Å². The smallest absolute Gasteiger partial charge is 0.0418 e. The van der Waals surface area contributed by atoms with E-state index < -0.39 is 0 Å². The van der Waals surface area contributed by atoms with Gasteiger partial charge in [0.25, 0.3) is 0 Å². The number of hydrogen-bond donors (Lipinski definition) is 2. The molecule has 0 aliphatic carbocycles. The number of aryl methyl sites for hydroxylation is 1. The van der Waals surface area contributed by atoms with E-state index in [9.17, 15) is 0 Å². The zero-order valence-corrected chi connectivity index (χ0v) is 12.6. The number of rotatable bonds is 4. The first kappa shape index (κ1) is 13.9. The van der Waals surface area contributed by atoms with Crippen LogP contribution in [-0.2, 0) is 13.0 Å². The van der Waals surface area contributed by atoms with Gasteiger partial charge in [0.15, 0.2) is 0 Å². The largest absolute Gasteiger partial charge is 0.385 e. The summed E-state index contributed by atoms with van der Waals surface area (Å²) in [4.78, 5) is 2.46. The van der Waals surface area contributed by atoms with E-state index in [0.29, 0.717) is 0 Å². The van der Waals surface area contributed by atoms with Gasteiger partial charge in [-0.15, -0.1) is 0 Å². The fraction of sp³-hybridized carbons (Fsp3) is 0.647. The second kappa shape index (κ2) is 6.59. The van der Waals surface area contributed by atoms with Crippen LogP contribution in [0, 0.1) is 5.92 Å². The van der Waals surface area contributed by atoms with Gasteiger partial charge in [-0.25, -0.2) is 0 Å². The Kier molecular flexibility index (Phi) is 4.58. The van der Waals surface area contributed by atoms with E-state index in [4.69, 9.17) is 0 Å². The molecule has 0 spiro atoms. The van der Waals surface area contributed by atoms with Gasteiger partial charge in [0.2, 0.25) is 0 Å². The van der Waals surface area contributed by atoms with Crippen molar-refractivity contribution in [3.8, 4) is 0 Å². The molecule has 3 heteroatoms. The van der Waals surface area contributed by atoms with Crippen molar-refractivity contribution in [2.24, 2.45) is 5.92 Å². The zero-order valence-electron chi connectivity index (χ0n) is 12.6. The lowest BCUT2D eigenvalue weighted by molar-refractivity contribution is 0.206. The highest BCUT2D eigenvalue weighted by atomic mass is 15.1. The summed E-state index contributed by atoms with van der Waals surface area (Å²) in [6.45, 7) is 5.78. The lowest BCUT2D eigenvalue weighted by Crippen LogP contribution is -2.37. The van der Waals surface area contributed by atoms with Crippen LogP contribution >= 0.6 is 0 Å². The summed E-state index contributed by atoms with van der Waals surface area (Å²) in [6, 6.07) is 6.73. The molecule has 1 unspecified atom stereocenters. The molecule has 1 aromatic carbocycles. The van der Waals surface area contributed by atoms with Gasteiger partial charge in [0.1, 0.15) is 0 Å². The van der Waals surface area contributed by atoms with Crippen molar-refractivity contribution in [1.82, 2.24) is 10.2 Å². The number of benzene rings is 1. The fourth-order valence-corrected chi connectivity index (χ4v) is 3.58. The van der Waals surface area contributed by atoms with Crippen LogP contribution in [-0.4, -0.2) is 38.1 Å². The van der Waals surface area contributed by atoms with Gasteiger partial charge in [-0.2, -0.15) is 0 Å². The Hall–Kier alpha value is -1.06. The molecule has 2 aliphatic rings. The van der Waals surface area contributed by atoms with Gasteiger partial charge in [0.05, 0.1) is 0 Å². The number of anilines is 1. The van der Waals surface area contributed by atoms with Crippen molar-refractivity contribution in [3.63, 3.8) is 0 Å². The van der Waals surface area contributed by atoms with Crippen molar-refractivity contribution in [3.05, 3.63) is 29.3 Å². The first-order valence-electron chi connectivity index (χ1n) is 8.07. The lowest BCUT2D eigenvalue weighted by atomic mass is 9.97. The minimum atomic E-state index is 0.821. The molecule has 0 radical (unpaired) electrons. The molecule has 0 aromatic heterocycles. The second-order valence-corrected chi connectivity index (χ2v) is 6.38. The van der Waals surface area contributed by atoms with E-state index in [0.717, 1.165) is 25.6 Å². The summed E-state index contributed by atoms with van der Waals surface area (Å²) in [5.41, 5.74) is 4.33. The van der Waals surface area contributed by atoms with Gasteiger partial charge >= 0.3 is 0 Å². The van der Waals surface area contributed by atoms with Crippen molar-refractivity contribution in [1.29, 1.82) is 0 Å². The van der Waals surface area contributed by atoms with E-state index in [1.807, 2.05) is 0 Å². The Balaban J connectivity index is 1.53. The molecule has 0 bridgehead atoms. The van der Waals surface area contributed by atoms with E-state index in [-0.39, 0.29) is 0 Å². The monoisotopic (exact) mass is 273 g/mol. The molecule has 110 valence electrons. The third-order valence-corrected chi connectivity index (χ3v) is 4.63. The molecule has 2 N–H and O–H groups in total. The summed E-state index contributed by atoms with van der Waals surface area (Å²) >= 11 is 0. The predicted molar refractivity (Wildman–Crippen MR) is 85.2 cm³/mol. The first-order chi connectivity index (χ1) is 9.83. The summed E-state index contributed by atoms with van der Waals surface area (Å²) in [7, 11) is 2.24. The third kappa shape index (κ3) is 3.33. The van der Waals surface area contributed by atoms with E-state index in [1.54, 1.807) is 0 Å². The average molecular weight is 273 g/mol. The number of nitrogens with one attached hydrogen (secondary N) is 2. The molecule has 1 fully saturated rings. The Bertz CT molecular complexity index is 444. The molecule has 2 heterocycles. The number of piperidine rings is 1. The zero-order chi connectivity index (χ0) is 13.8. The number of fused-ring (bicyclic) bond motifs is 1. The Morgan fingerprint density at radius 2 is 2.30 bits per heavy atom. The number of hydrogen-bond acceptors (Lipinski definition) is 3. The summed E-state index contributed by atoms with van der Waals surface area (Å²) < 4.78 is 0. The minimum Gasteiger partial charge on any atom is -0.385 e. The second-order valence-electron chi connectivity index (χ2n) is 6.38. The van der Waals surface area contributed by atoms with Gasteiger partial charge in [0, 0.05) is 25.3 Å². The number of para-hydroxylation sites is 1. The van der Waals surface area contributed by atoms with Crippen LogP contribution in [0.3, 0.4) is 0 Å². The van der Waals surface area contributed by atoms with Gasteiger partial charge in [-0.05, 0) is 62.9 Å². The molecule has 1 aromatic rings. The predicted octanol–water partition coefficient (Wildman–Crippen LogP) is 2.48. The number of likely N-dealkylation sites (tertiary alicyclic amines) is 1. The van der Waals surface area contributed by atoms with Gasteiger partial charge in [-0.3, -0.25) is 0 Å². The molecule has 3 nitrogen and oxygen atoms in total. The standard InChI is InChI=1S/C17H27N3/c1-20-10-4-5-14(13-20)11-18-12-16-7-2-6-15-8-3-9-19-17(15)16/h2,6-7,14,18-19H,3-5,8-13H2,1H3. The molecular formula is C17H27N3. The summed E-state index contributed by atoms with van der Waals surface area (Å²) in [5.74, 6) is 0.821. The Labute approximate surface area is 122 Å². The molecular weight excluding hydrogens is 246 g/mol. The molecule has 1 saturated heterocycles. The quantitative estimate of drug-likeness (QED) is 0.882.